The molecule has 0 aliphatic carbocycles. The minimum Gasteiger partial charge on any atom is -0.488 e. The number of fused-ring (bicyclic) bond motifs is 1. The topological polar surface area (TPSA) is 52.6 Å². The van der Waals surface area contributed by atoms with Crippen molar-refractivity contribution in [3.63, 3.8) is 0 Å². The highest BCUT2D eigenvalue weighted by Crippen LogP contribution is 2.37. The van der Waals surface area contributed by atoms with Crippen LogP contribution in [0.1, 0.15) is 33.3 Å². The van der Waals surface area contributed by atoms with E-state index < -0.39 is 0 Å². The molecule has 2 aliphatic heterocycles. The molecule has 1 aromatic heterocycles. The van der Waals surface area contributed by atoms with Gasteiger partial charge >= 0.3 is 7.12 Å². The number of pyridine rings is 1. The van der Waals surface area contributed by atoms with Crippen LogP contribution in [0.4, 0.5) is 5.82 Å². The smallest absolute Gasteiger partial charge is 0.487 e. The van der Waals surface area contributed by atoms with E-state index in [0.717, 1.165) is 23.7 Å². The molecule has 1 N–H and O–H groups in total. The summed E-state index contributed by atoms with van der Waals surface area (Å²) in [5, 5.41) is 3.20. The third-order valence-corrected chi connectivity index (χ3v) is 4.24. The van der Waals surface area contributed by atoms with Gasteiger partial charge in [0.05, 0.1) is 17.7 Å². The largest absolute Gasteiger partial charge is 0.488 e. The molecular weight excluding hydrogens is 267 g/mol. The van der Waals surface area contributed by atoms with Crippen LogP contribution in [-0.2, 0) is 9.31 Å². The molecule has 3 rings (SSSR count). The van der Waals surface area contributed by atoms with Gasteiger partial charge in [-0.15, -0.1) is 0 Å². The Labute approximate surface area is 125 Å². The van der Waals surface area contributed by atoms with Crippen LogP contribution < -0.4 is 10.1 Å². The number of hydrogen-bond donors (Lipinski definition) is 1. The number of ether oxygens (including phenoxy) is 1. The predicted octanol–water partition coefficient (Wildman–Crippen LogP) is 2.53. The van der Waals surface area contributed by atoms with Gasteiger partial charge in [0.25, 0.3) is 0 Å². The third-order valence-electron chi connectivity index (χ3n) is 4.24. The monoisotopic (exact) mass is 288 g/mol. The lowest BCUT2D eigenvalue weighted by Gasteiger charge is -2.32. The summed E-state index contributed by atoms with van der Waals surface area (Å²) >= 11 is 0. The number of nitrogens with one attached hydrogen (secondary N) is 1. The summed E-state index contributed by atoms with van der Waals surface area (Å²) in [6.07, 6.45) is 3.76. The molecule has 0 bridgehead atoms. The summed E-state index contributed by atoms with van der Waals surface area (Å²) in [6, 6.07) is 1.97. The highest BCUT2D eigenvalue weighted by molar-refractivity contribution is 6.52. The summed E-state index contributed by atoms with van der Waals surface area (Å²) < 4.78 is 17.4. The van der Waals surface area contributed by atoms with Crippen molar-refractivity contribution < 1.29 is 14.0 Å². The first-order valence-corrected chi connectivity index (χ1v) is 7.28. The fourth-order valence-electron chi connectivity index (χ4n) is 2.28. The highest BCUT2D eigenvalue weighted by atomic mass is 16.7. The van der Waals surface area contributed by atoms with Crippen molar-refractivity contribution in [3.8, 4) is 5.75 Å². The molecule has 0 aromatic carbocycles. The Bertz CT molecular complexity index is 556. The van der Waals surface area contributed by atoms with Gasteiger partial charge in [-0.25, -0.2) is 4.98 Å². The summed E-state index contributed by atoms with van der Waals surface area (Å²) in [4.78, 5) is 4.35. The van der Waals surface area contributed by atoms with Crippen molar-refractivity contribution in [1.82, 2.24) is 4.98 Å². The van der Waals surface area contributed by atoms with E-state index in [-0.39, 0.29) is 18.3 Å². The molecule has 0 spiro atoms. The first-order valence-electron chi connectivity index (χ1n) is 7.28. The summed E-state index contributed by atoms with van der Waals surface area (Å²) in [6.45, 7) is 9.63. The van der Waals surface area contributed by atoms with E-state index in [2.05, 4.69) is 10.3 Å². The van der Waals surface area contributed by atoms with Crippen LogP contribution in [0.15, 0.2) is 18.2 Å². The van der Waals surface area contributed by atoms with Crippen LogP contribution in [0.3, 0.4) is 0 Å². The van der Waals surface area contributed by atoms with Gasteiger partial charge in [0, 0.05) is 6.20 Å². The molecule has 3 heterocycles. The molecule has 1 fully saturated rings. The number of rotatable bonds is 2. The van der Waals surface area contributed by atoms with Crippen molar-refractivity contribution in [3.05, 3.63) is 23.8 Å². The maximum absolute atomic E-state index is 5.93. The molecule has 0 unspecified atom stereocenters. The Morgan fingerprint density at radius 3 is 2.67 bits per heavy atom. The zero-order chi connectivity index (χ0) is 15.1. The van der Waals surface area contributed by atoms with Gasteiger partial charge in [-0.2, -0.15) is 0 Å². The van der Waals surface area contributed by atoms with E-state index in [1.54, 1.807) is 0 Å². The Morgan fingerprint density at radius 1 is 1.24 bits per heavy atom. The average Bonchev–Trinajstić information content (AvgIpc) is 2.64. The predicted molar refractivity (Wildman–Crippen MR) is 83.3 cm³/mol. The van der Waals surface area contributed by atoms with Crippen molar-refractivity contribution in [2.75, 3.05) is 18.5 Å². The molecule has 2 aliphatic rings. The zero-order valence-electron chi connectivity index (χ0n) is 13.0. The molecule has 6 heteroatoms. The van der Waals surface area contributed by atoms with Crippen molar-refractivity contribution in [2.45, 2.75) is 38.9 Å². The zero-order valence-corrected chi connectivity index (χ0v) is 13.0. The quantitative estimate of drug-likeness (QED) is 0.847. The fourth-order valence-corrected chi connectivity index (χ4v) is 2.28. The lowest BCUT2D eigenvalue weighted by Crippen LogP contribution is -2.41. The van der Waals surface area contributed by atoms with E-state index in [9.17, 15) is 0 Å². The fraction of sp³-hybridized carbons (Fsp3) is 0.533. The maximum atomic E-state index is 5.93. The Kier molecular flexibility index (Phi) is 3.46. The molecule has 1 saturated heterocycles. The number of nitrogens with zero attached hydrogens (tertiary/aromatic N) is 1. The maximum Gasteiger partial charge on any atom is 0.487 e. The van der Waals surface area contributed by atoms with Crippen LogP contribution in [0, 0.1) is 0 Å². The highest BCUT2D eigenvalue weighted by Gasteiger charge is 2.49. The normalized spacial score (nSPS) is 22.8. The summed E-state index contributed by atoms with van der Waals surface area (Å²) in [7, 11) is -0.343. The van der Waals surface area contributed by atoms with Gasteiger partial charge < -0.3 is 19.4 Å². The van der Waals surface area contributed by atoms with Gasteiger partial charge in [0.2, 0.25) is 0 Å². The summed E-state index contributed by atoms with van der Waals surface area (Å²) in [5.74, 6) is 3.50. The minimum atomic E-state index is -0.343. The molecule has 0 saturated carbocycles. The van der Waals surface area contributed by atoms with E-state index in [1.165, 1.54) is 0 Å². The number of aromatic nitrogens is 1. The molecule has 21 heavy (non-hydrogen) atoms. The lowest BCUT2D eigenvalue weighted by atomic mass is 9.89. The average molecular weight is 288 g/mol. The SMILES string of the molecule is CC1(C)OB(/C=C/c2cnc3c(c2)OCCN3)OC1(C)C. The molecule has 0 atom stereocenters. The lowest BCUT2D eigenvalue weighted by molar-refractivity contribution is 0.00578. The van der Waals surface area contributed by atoms with Gasteiger partial charge in [-0.05, 0) is 39.3 Å². The first-order chi connectivity index (χ1) is 9.87. The van der Waals surface area contributed by atoms with E-state index >= 15 is 0 Å². The van der Waals surface area contributed by atoms with Crippen LogP contribution in [-0.4, -0.2) is 36.5 Å². The van der Waals surface area contributed by atoms with Crippen molar-refractivity contribution in [1.29, 1.82) is 0 Å². The van der Waals surface area contributed by atoms with Gasteiger partial charge in [-0.3, -0.25) is 0 Å². The molecule has 112 valence electrons. The Balaban J connectivity index is 1.73. The Morgan fingerprint density at radius 2 is 1.95 bits per heavy atom. The molecule has 0 amide bonds. The van der Waals surface area contributed by atoms with E-state index in [4.69, 9.17) is 14.0 Å². The van der Waals surface area contributed by atoms with E-state index in [0.29, 0.717) is 6.61 Å². The van der Waals surface area contributed by atoms with Crippen LogP contribution >= 0.6 is 0 Å². The number of hydrogen-bond acceptors (Lipinski definition) is 5. The third kappa shape index (κ3) is 2.78. The second-order valence-electron chi connectivity index (χ2n) is 6.37. The van der Waals surface area contributed by atoms with Gasteiger partial charge in [0.1, 0.15) is 6.61 Å². The molecule has 1 aromatic rings. The number of anilines is 1. The second-order valence-corrected chi connectivity index (χ2v) is 6.37. The first kappa shape index (κ1) is 14.4. The van der Waals surface area contributed by atoms with Crippen LogP contribution in [0.2, 0.25) is 0 Å². The molecule has 5 nitrogen and oxygen atoms in total. The van der Waals surface area contributed by atoms with Gasteiger partial charge in [-0.1, -0.05) is 12.1 Å². The molecule has 0 radical (unpaired) electrons. The molecular formula is C15H21BN2O3. The van der Waals surface area contributed by atoms with Crippen molar-refractivity contribution >= 4 is 19.0 Å². The van der Waals surface area contributed by atoms with Crippen molar-refractivity contribution in [2.24, 2.45) is 0 Å². The summed E-state index contributed by atoms with van der Waals surface area (Å²) in [5.41, 5.74) is 0.332. The standard InChI is InChI=1S/C15H21BN2O3/c1-14(2)15(3,4)21-16(20-14)6-5-11-9-12-13(18-10-11)17-7-8-19-12/h5-6,9-10H,7-8H2,1-4H3,(H,17,18)/b6-5+. The van der Waals surface area contributed by atoms with Gasteiger partial charge in [0.15, 0.2) is 11.6 Å². The van der Waals surface area contributed by atoms with E-state index in [1.807, 2.05) is 52.0 Å². The second kappa shape index (κ2) is 5.03. The van der Waals surface area contributed by atoms with Crippen LogP contribution in [0.25, 0.3) is 6.08 Å². The minimum absolute atomic E-state index is 0.316. The Hall–Kier alpha value is -1.53. The van der Waals surface area contributed by atoms with Crippen LogP contribution in [0.5, 0.6) is 5.75 Å².